The Morgan fingerprint density at radius 2 is 1.53 bits per heavy atom. The Balaban J connectivity index is 1.75. The van der Waals surface area contributed by atoms with Gasteiger partial charge in [0.05, 0.1) is 16.8 Å². The first-order chi connectivity index (χ1) is 15.1. The first-order valence-electron chi connectivity index (χ1n) is 9.47. The van der Waals surface area contributed by atoms with Gasteiger partial charge in [-0.2, -0.15) is 0 Å². The molecular formula is C21H22N4O5S2. The molecule has 0 radical (unpaired) electrons. The highest BCUT2D eigenvalue weighted by atomic mass is 32.2. The highest BCUT2D eigenvalue weighted by molar-refractivity contribution is 7.92. The van der Waals surface area contributed by atoms with Gasteiger partial charge < -0.3 is 5.32 Å². The number of sulfonamides is 2. The van der Waals surface area contributed by atoms with Crippen molar-refractivity contribution in [2.24, 2.45) is 0 Å². The zero-order valence-corrected chi connectivity index (χ0v) is 19.0. The number of hydrogen-bond acceptors (Lipinski definition) is 6. The molecule has 0 aliphatic heterocycles. The summed E-state index contributed by atoms with van der Waals surface area (Å²) in [6.45, 7) is 1.47. The second-order valence-electron chi connectivity index (χ2n) is 6.90. The SMILES string of the molecule is C[C@@H](C(=O)Nc1ccc(S(=O)(=O)Nc2ccccn2)cc1)N(c1ccccc1)S(C)(=O)=O. The van der Waals surface area contributed by atoms with E-state index in [1.54, 1.807) is 42.5 Å². The van der Waals surface area contributed by atoms with Crippen LogP contribution in [-0.4, -0.2) is 40.0 Å². The van der Waals surface area contributed by atoms with E-state index < -0.39 is 32.0 Å². The molecule has 0 aliphatic carbocycles. The van der Waals surface area contributed by atoms with Gasteiger partial charge in [-0.05, 0) is 55.5 Å². The lowest BCUT2D eigenvalue weighted by atomic mass is 10.2. The summed E-state index contributed by atoms with van der Waals surface area (Å²) in [5, 5.41) is 2.62. The van der Waals surface area contributed by atoms with Crippen molar-refractivity contribution in [1.29, 1.82) is 0 Å². The summed E-state index contributed by atoms with van der Waals surface area (Å²) >= 11 is 0. The van der Waals surface area contributed by atoms with Crippen molar-refractivity contribution >= 4 is 43.1 Å². The third-order valence-electron chi connectivity index (χ3n) is 4.44. The monoisotopic (exact) mass is 474 g/mol. The number of pyridine rings is 1. The predicted octanol–water partition coefficient (Wildman–Crippen LogP) is 2.68. The lowest BCUT2D eigenvalue weighted by Crippen LogP contribution is -2.45. The molecule has 0 bridgehead atoms. The number of para-hydroxylation sites is 1. The van der Waals surface area contributed by atoms with Gasteiger partial charge in [0, 0.05) is 11.9 Å². The minimum atomic E-state index is -3.86. The fourth-order valence-electron chi connectivity index (χ4n) is 2.97. The summed E-state index contributed by atoms with van der Waals surface area (Å²) in [4.78, 5) is 16.6. The molecule has 32 heavy (non-hydrogen) atoms. The first kappa shape index (κ1) is 23.2. The van der Waals surface area contributed by atoms with Gasteiger partial charge in [0.15, 0.2) is 0 Å². The quantitative estimate of drug-likeness (QED) is 0.517. The number of nitrogens with zero attached hydrogens (tertiary/aromatic N) is 2. The second-order valence-corrected chi connectivity index (χ2v) is 10.4. The lowest BCUT2D eigenvalue weighted by molar-refractivity contribution is -0.116. The van der Waals surface area contributed by atoms with E-state index >= 15 is 0 Å². The maximum atomic E-state index is 12.7. The van der Waals surface area contributed by atoms with E-state index in [1.165, 1.54) is 43.5 Å². The number of benzene rings is 2. The fraction of sp³-hybridized carbons (Fsp3) is 0.143. The molecule has 2 N–H and O–H groups in total. The van der Waals surface area contributed by atoms with Crippen LogP contribution >= 0.6 is 0 Å². The van der Waals surface area contributed by atoms with Crippen molar-refractivity contribution in [3.05, 3.63) is 79.0 Å². The summed E-state index contributed by atoms with van der Waals surface area (Å²) in [5.41, 5.74) is 0.680. The van der Waals surface area contributed by atoms with E-state index in [-0.39, 0.29) is 10.7 Å². The average molecular weight is 475 g/mol. The summed E-state index contributed by atoms with van der Waals surface area (Å²) in [7, 11) is -7.59. The number of carbonyl (C=O) groups is 1. The first-order valence-corrected chi connectivity index (χ1v) is 12.8. The topological polar surface area (TPSA) is 126 Å². The van der Waals surface area contributed by atoms with E-state index in [0.29, 0.717) is 11.4 Å². The van der Waals surface area contributed by atoms with Gasteiger partial charge in [-0.15, -0.1) is 0 Å². The van der Waals surface area contributed by atoms with Gasteiger partial charge in [-0.1, -0.05) is 24.3 Å². The van der Waals surface area contributed by atoms with Crippen LogP contribution in [0, 0.1) is 0 Å². The molecule has 1 heterocycles. The van der Waals surface area contributed by atoms with Crippen LogP contribution in [0.15, 0.2) is 83.9 Å². The number of nitrogens with one attached hydrogen (secondary N) is 2. The van der Waals surface area contributed by atoms with Gasteiger partial charge in [0.2, 0.25) is 15.9 Å². The number of anilines is 3. The molecule has 11 heteroatoms. The van der Waals surface area contributed by atoms with Crippen molar-refractivity contribution in [1.82, 2.24) is 4.98 Å². The van der Waals surface area contributed by atoms with E-state index in [4.69, 9.17) is 0 Å². The zero-order chi connectivity index (χ0) is 23.4. The highest BCUT2D eigenvalue weighted by Gasteiger charge is 2.29. The third-order valence-corrected chi connectivity index (χ3v) is 7.05. The molecule has 3 aromatic rings. The summed E-state index contributed by atoms with van der Waals surface area (Å²) in [6, 6.07) is 17.6. The lowest BCUT2D eigenvalue weighted by Gasteiger charge is -2.28. The Kier molecular flexibility index (Phi) is 6.80. The Labute approximate surface area is 187 Å². The Hall–Kier alpha value is -3.44. The molecule has 1 aromatic heterocycles. The molecule has 3 rings (SSSR count). The van der Waals surface area contributed by atoms with Crippen molar-refractivity contribution in [3.63, 3.8) is 0 Å². The molecule has 0 saturated carbocycles. The van der Waals surface area contributed by atoms with Crippen LogP contribution in [0.2, 0.25) is 0 Å². The van der Waals surface area contributed by atoms with Crippen LogP contribution < -0.4 is 14.3 Å². The van der Waals surface area contributed by atoms with Crippen LogP contribution in [0.1, 0.15) is 6.92 Å². The molecule has 168 valence electrons. The van der Waals surface area contributed by atoms with Crippen molar-refractivity contribution in [3.8, 4) is 0 Å². The molecule has 0 unspecified atom stereocenters. The van der Waals surface area contributed by atoms with Crippen molar-refractivity contribution < 1.29 is 21.6 Å². The maximum absolute atomic E-state index is 12.7. The van der Waals surface area contributed by atoms with Crippen LogP contribution in [-0.2, 0) is 24.8 Å². The largest absolute Gasteiger partial charge is 0.324 e. The van der Waals surface area contributed by atoms with Gasteiger partial charge in [-0.3, -0.25) is 13.8 Å². The van der Waals surface area contributed by atoms with Crippen LogP contribution in [0.5, 0.6) is 0 Å². The average Bonchev–Trinajstić information content (AvgIpc) is 2.74. The zero-order valence-electron chi connectivity index (χ0n) is 17.3. The fourth-order valence-corrected chi connectivity index (χ4v) is 5.15. The molecule has 1 atom stereocenters. The predicted molar refractivity (Wildman–Crippen MR) is 123 cm³/mol. The molecule has 0 saturated heterocycles. The van der Waals surface area contributed by atoms with Crippen LogP contribution in [0.25, 0.3) is 0 Å². The second kappa shape index (κ2) is 9.37. The summed E-state index contributed by atoms with van der Waals surface area (Å²) in [6.07, 6.45) is 2.49. The number of aromatic nitrogens is 1. The Morgan fingerprint density at radius 1 is 0.906 bits per heavy atom. The van der Waals surface area contributed by atoms with Crippen molar-refractivity contribution in [2.75, 3.05) is 20.6 Å². The van der Waals surface area contributed by atoms with E-state index in [2.05, 4.69) is 15.0 Å². The van der Waals surface area contributed by atoms with Crippen LogP contribution in [0.3, 0.4) is 0 Å². The number of carbonyl (C=O) groups excluding carboxylic acids is 1. The normalized spacial score (nSPS) is 12.6. The van der Waals surface area contributed by atoms with E-state index in [0.717, 1.165) is 10.6 Å². The van der Waals surface area contributed by atoms with Gasteiger partial charge in [0.25, 0.3) is 10.0 Å². The number of amides is 1. The van der Waals surface area contributed by atoms with Gasteiger partial charge >= 0.3 is 0 Å². The Bertz CT molecular complexity index is 1280. The highest BCUT2D eigenvalue weighted by Crippen LogP contribution is 2.22. The Morgan fingerprint density at radius 3 is 2.09 bits per heavy atom. The van der Waals surface area contributed by atoms with E-state index in [1.807, 2.05) is 0 Å². The minimum Gasteiger partial charge on any atom is -0.324 e. The van der Waals surface area contributed by atoms with Crippen molar-refractivity contribution in [2.45, 2.75) is 17.9 Å². The molecule has 2 aromatic carbocycles. The number of rotatable bonds is 8. The molecular weight excluding hydrogens is 452 g/mol. The smallest absolute Gasteiger partial charge is 0.263 e. The van der Waals surface area contributed by atoms with Gasteiger partial charge in [-0.25, -0.2) is 21.8 Å². The van der Waals surface area contributed by atoms with Gasteiger partial charge in [0.1, 0.15) is 11.9 Å². The maximum Gasteiger partial charge on any atom is 0.263 e. The number of hydrogen-bond donors (Lipinski definition) is 2. The molecule has 9 nitrogen and oxygen atoms in total. The van der Waals surface area contributed by atoms with E-state index in [9.17, 15) is 21.6 Å². The minimum absolute atomic E-state index is 0.0174. The summed E-state index contributed by atoms with van der Waals surface area (Å²) in [5.74, 6) is -0.387. The molecule has 0 fully saturated rings. The third kappa shape index (κ3) is 5.62. The standard InChI is InChI=1S/C21H22N4O5S2/c1-16(25(31(2,27)28)18-8-4-3-5-9-18)21(26)23-17-11-13-19(14-12-17)32(29,30)24-20-10-6-7-15-22-20/h3-16H,1-2H3,(H,22,24)(H,23,26)/t16-/m0/s1. The molecule has 1 amide bonds. The van der Waals surface area contributed by atoms with Crippen LogP contribution in [0.4, 0.5) is 17.2 Å². The summed E-state index contributed by atoms with van der Waals surface area (Å²) < 4.78 is 53.0. The molecule has 0 spiro atoms. The molecule has 0 aliphatic rings.